The molecule has 0 fully saturated rings. The van der Waals surface area contributed by atoms with E-state index in [0.717, 1.165) is 46.0 Å². The minimum atomic E-state index is -0.0656. The molecule has 0 amide bonds. The van der Waals surface area contributed by atoms with Crippen molar-refractivity contribution in [2.75, 3.05) is 6.54 Å². The predicted octanol–water partition coefficient (Wildman–Crippen LogP) is 4.63. The van der Waals surface area contributed by atoms with E-state index >= 15 is 0 Å². The summed E-state index contributed by atoms with van der Waals surface area (Å²) in [4.78, 5) is 18.1. The lowest BCUT2D eigenvalue weighted by molar-refractivity contribution is -0.0283. The fourth-order valence-electron chi connectivity index (χ4n) is 4.12. The van der Waals surface area contributed by atoms with Crippen LogP contribution >= 0.6 is 11.3 Å². The van der Waals surface area contributed by atoms with Gasteiger partial charge in [-0.25, -0.2) is 4.98 Å². The zero-order valence-electron chi connectivity index (χ0n) is 17.2. The van der Waals surface area contributed by atoms with E-state index in [1.807, 2.05) is 59.3 Å². The van der Waals surface area contributed by atoms with Crippen molar-refractivity contribution in [2.45, 2.75) is 32.9 Å². The number of hydroxylamine groups is 2. The van der Waals surface area contributed by atoms with Gasteiger partial charge < -0.3 is 9.30 Å². The van der Waals surface area contributed by atoms with Crippen LogP contribution in [0.25, 0.3) is 16.1 Å². The van der Waals surface area contributed by atoms with Crippen LogP contribution in [0.2, 0.25) is 0 Å². The largest absolute Gasteiger partial charge is 0.487 e. The molecule has 5 rings (SSSR count). The van der Waals surface area contributed by atoms with Gasteiger partial charge in [0.05, 0.1) is 17.8 Å². The van der Waals surface area contributed by atoms with Gasteiger partial charge in [0.1, 0.15) is 17.4 Å². The van der Waals surface area contributed by atoms with Crippen molar-refractivity contribution >= 4 is 16.9 Å². The summed E-state index contributed by atoms with van der Waals surface area (Å²) in [6.07, 6.45) is 5.30. The van der Waals surface area contributed by atoms with E-state index in [9.17, 15) is 10.0 Å². The monoisotopic (exact) mass is 433 g/mol. The molecule has 0 atom stereocenters. The number of pyridine rings is 1. The van der Waals surface area contributed by atoms with E-state index in [1.165, 1.54) is 11.3 Å². The average Bonchev–Trinajstić information content (AvgIpc) is 3.11. The second kappa shape index (κ2) is 8.17. The Bertz CT molecular complexity index is 1240. The zero-order chi connectivity index (χ0) is 21.4. The molecule has 2 aliphatic rings. The predicted molar refractivity (Wildman–Crippen MR) is 121 cm³/mol. The number of rotatable bonds is 4. The van der Waals surface area contributed by atoms with Crippen molar-refractivity contribution in [3.63, 3.8) is 0 Å². The topological polar surface area (TPSA) is 67.6 Å². The van der Waals surface area contributed by atoms with Crippen LogP contribution in [0.3, 0.4) is 0 Å². The molecule has 1 N–H and O–H groups in total. The fourth-order valence-corrected chi connectivity index (χ4v) is 4.93. The van der Waals surface area contributed by atoms with Crippen LogP contribution < -0.4 is 10.3 Å². The van der Waals surface area contributed by atoms with Gasteiger partial charge in [-0.1, -0.05) is 30.3 Å². The second-order valence-corrected chi connectivity index (χ2v) is 8.67. The van der Waals surface area contributed by atoms with Crippen LogP contribution in [0.15, 0.2) is 64.4 Å². The third kappa shape index (κ3) is 3.82. The van der Waals surface area contributed by atoms with E-state index in [0.29, 0.717) is 36.0 Å². The Morgan fingerprint density at radius 1 is 1.26 bits per heavy atom. The molecule has 0 aliphatic carbocycles. The quantitative estimate of drug-likeness (QED) is 0.650. The standard InChI is InChI=1S/C24H23N3O3S/c1-16-15-31-23(25-16)19-12-21(30-14-17-6-3-2-4-7-17)22-20-13-26(29)11-9-18(20)8-5-10-27(22)24(19)28/h2-4,6-7,9,11-12,15,29H,5,8,10,13-14H2,1H3. The van der Waals surface area contributed by atoms with Crippen LogP contribution in [0.5, 0.6) is 5.75 Å². The van der Waals surface area contributed by atoms with Gasteiger partial charge in [-0.2, -0.15) is 0 Å². The summed E-state index contributed by atoms with van der Waals surface area (Å²) in [5.41, 5.74) is 5.26. The molecular weight excluding hydrogens is 410 g/mol. The van der Waals surface area contributed by atoms with Crippen LogP contribution in [-0.4, -0.2) is 26.4 Å². The maximum Gasteiger partial charge on any atom is 0.261 e. The van der Waals surface area contributed by atoms with Gasteiger partial charge in [-0.3, -0.25) is 15.1 Å². The van der Waals surface area contributed by atoms with Gasteiger partial charge in [0.15, 0.2) is 0 Å². The summed E-state index contributed by atoms with van der Waals surface area (Å²) >= 11 is 1.47. The van der Waals surface area contributed by atoms with Crippen molar-refractivity contribution < 1.29 is 9.94 Å². The molecular formula is C24H23N3O3S. The van der Waals surface area contributed by atoms with Gasteiger partial charge in [0.25, 0.3) is 5.56 Å². The van der Waals surface area contributed by atoms with E-state index in [4.69, 9.17) is 4.74 Å². The highest BCUT2D eigenvalue weighted by molar-refractivity contribution is 7.13. The van der Waals surface area contributed by atoms with Crippen molar-refractivity contribution in [1.29, 1.82) is 0 Å². The highest BCUT2D eigenvalue weighted by atomic mass is 32.1. The third-order valence-electron chi connectivity index (χ3n) is 5.61. The maximum atomic E-state index is 13.5. The molecule has 6 nitrogen and oxygen atoms in total. The molecule has 158 valence electrons. The van der Waals surface area contributed by atoms with E-state index in [1.54, 1.807) is 6.20 Å². The first-order chi connectivity index (χ1) is 15.1. The van der Waals surface area contributed by atoms with E-state index < -0.39 is 0 Å². The molecule has 2 aliphatic heterocycles. The summed E-state index contributed by atoms with van der Waals surface area (Å²) in [7, 11) is 0. The Balaban J connectivity index is 1.68. The first kappa shape index (κ1) is 19.8. The molecule has 0 saturated heterocycles. The van der Waals surface area contributed by atoms with Gasteiger partial charge >= 0.3 is 0 Å². The lowest BCUT2D eigenvalue weighted by atomic mass is 9.98. The van der Waals surface area contributed by atoms with Crippen molar-refractivity contribution in [2.24, 2.45) is 0 Å². The number of benzene rings is 1. The number of aryl methyl sites for hydroxylation is 1. The van der Waals surface area contributed by atoms with Crippen molar-refractivity contribution in [3.8, 4) is 16.3 Å². The third-order valence-corrected chi connectivity index (χ3v) is 6.60. The van der Waals surface area contributed by atoms with Gasteiger partial charge in [-0.15, -0.1) is 11.3 Å². The van der Waals surface area contributed by atoms with Crippen molar-refractivity contribution in [1.82, 2.24) is 14.6 Å². The average molecular weight is 434 g/mol. The number of ether oxygens (including phenoxy) is 1. The Hall–Kier alpha value is -3.16. The summed E-state index contributed by atoms with van der Waals surface area (Å²) < 4.78 is 8.12. The lowest BCUT2D eigenvalue weighted by Gasteiger charge is -2.25. The minimum absolute atomic E-state index is 0.0656. The highest BCUT2D eigenvalue weighted by Crippen LogP contribution is 2.37. The van der Waals surface area contributed by atoms with Gasteiger partial charge in [-0.05, 0) is 43.0 Å². The fraction of sp³-hybridized carbons (Fsp3) is 0.250. The van der Waals surface area contributed by atoms with E-state index in [-0.39, 0.29) is 5.56 Å². The molecule has 0 spiro atoms. The molecule has 0 bridgehead atoms. The van der Waals surface area contributed by atoms with Crippen LogP contribution in [-0.2, 0) is 13.2 Å². The first-order valence-electron chi connectivity index (χ1n) is 10.3. The minimum Gasteiger partial charge on any atom is -0.487 e. The molecule has 1 aromatic carbocycles. The highest BCUT2D eigenvalue weighted by Gasteiger charge is 2.27. The molecule has 4 heterocycles. The number of allylic oxidation sites excluding steroid dienone is 2. The Morgan fingerprint density at radius 3 is 2.87 bits per heavy atom. The smallest absolute Gasteiger partial charge is 0.261 e. The molecule has 0 saturated carbocycles. The molecule has 7 heteroatoms. The number of thiazole rings is 1. The molecule has 3 aromatic rings. The molecule has 31 heavy (non-hydrogen) atoms. The van der Waals surface area contributed by atoms with Crippen LogP contribution in [0.4, 0.5) is 0 Å². The molecule has 0 radical (unpaired) electrons. The zero-order valence-corrected chi connectivity index (χ0v) is 18.1. The van der Waals surface area contributed by atoms with Crippen molar-refractivity contribution in [3.05, 3.63) is 86.9 Å². The van der Waals surface area contributed by atoms with Crippen LogP contribution in [0.1, 0.15) is 29.8 Å². The summed E-state index contributed by atoms with van der Waals surface area (Å²) in [6, 6.07) is 11.8. The van der Waals surface area contributed by atoms with Crippen LogP contribution in [0, 0.1) is 6.92 Å². The number of aromatic nitrogens is 2. The van der Waals surface area contributed by atoms with Gasteiger partial charge in [0, 0.05) is 29.4 Å². The first-order valence-corrected chi connectivity index (χ1v) is 11.2. The molecule has 2 aromatic heterocycles. The lowest BCUT2D eigenvalue weighted by Crippen LogP contribution is -2.27. The SMILES string of the molecule is Cc1csc(-c2cc(OCc3ccccc3)c3n(c2=O)CCCC2=C3CN(O)C=C2)n1. The Morgan fingerprint density at radius 2 is 2.10 bits per heavy atom. The normalized spacial score (nSPS) is 15.5. The number of nitrogens with zero attached hydrogens (tertiary/aromatic N) is 3. The number of hydrogen-bond donors (Lipinski definition) is 1. The maximum absolute atomic E-state index is 13.5. The Labute approximate surface area is 184 Å². The molecule has 0 unspecified atom stereocenters. The summed E-state index contributed by atoms with van der Waals surface area (Å²) in [5, 5.41) is 13.9. The van der Waals surface area contributed by atoms with E-state index in [2.05, 4.69) is 4.98 Å². The second-order valence-electron chi connectivity index (χ2n) is 7.82. The van der Waals surface area contributed by atoms with Gasteiger partial charge in [0.2, 0.25) is 0 Å². The number of fused-ring (bicyclic) bond motifs is 2. The Kier molecular flexibility index (Phi) is 5.21. The number of hydrogen-bond acceptors (Lipinski definition) is 6. The summed E-state index contributed by atoms with van der Waals surface area (Å²) in [6.45, 7) is 3.24. The summed E-state index contributed by atoms with van der Waals surface area (Å²) in [5.74, 6) is 0.643.